The predicted octanol–water partition coefficient (Wildman–Crippen LogP) is -0.304. The smallest absolute Gasteiger partial charge is 0.239 e. The van der Waals surface area contributed by atoms with Gasteiger partial charge in [0.1, 0.15) is 0 Å². The summed E-state index contributed by atoms with van der Waals surface area (Å²) in [6, 6.07) is 0. The van der Waals surface area contributed by atoms with E-state index in [0.29, 0.717) is 0 Å². The molecule has 4 nitrogen and oxygen atoms in total. The molecule has 0 bridgehead atoms. The Morgan fingerprint density at radius 2 is 2.75 bits per heavy atom. The molecule has 1 rings (SSSR count). The quantitative estimate of drug-likeness (QED) is 0.376. The number of rotatable bonds is 1. The molecular formula is C4H7N2O2. The average Bonchev–Trinajstić information content (AvgIpc) is 1.90. The largest absolute Gasteiger partial charge is 0.270 e. The molecule has 1 radical (unpaired) electrons. The number of hydrogen-bond donors (Lipinski definition) is 1. The summed E-state index contributed by atoms with van der Waals surface area (Å²) < 4.78 is 0. The molecule has 0 amide bonds. The maximum absolute atomic E-state index is 9.61. The second-order valence-electron chi connectivity index (χ2n) is 1.52. The van der Waals surface area contributed by atoms with Gasteiger partial charge in [0.25, 0.3) is 0 Å². The predicted molar refractivity (Wildman–Crippen MR) is 26.7 cm³/mol. The van der Waals surface area contributed by atoms with E-state index in [1.165, 1.54) is 0 Å². The van der Waals surface area contributed by atoms with Gasteiger partial charge in [-0.25, -0.2) is 4.99 Å². The minimum atomic E-state index is -0.649. The van der Waals surface area contributed by atoms with Crippen molar-refractivity contribution in [3.8, 4) is 0 Å². The van der Waals surface area contributed by atoms with Gasteiger partial charge in [0.2, 0.25) is 6.35 Å². The average molecular weight is 115 g/mol. The Bertz CT molecular complexity index is 94.0. The molecule has 0 aliphatic carbocycles. The van der Waals surface area contributed by atoms with E-state index in [9.17, 15) is 5.26 Å². The van der Waals surface area contributed by atoms with Crippen LogP contribution in [-0.4, -0.2) is 19.1 Å². The van der Waals surface area contributed by atoms with Crippen LogP contribution in [0.1, 0.15) is 6.42 Å². The molecule has 0 saturated carbocycles. The zero-order chi connectivity index (χ0) is 5.82. The first-order chi connectivity index (χ1) is 3.93. The van der Waals surface area contributed by atoms with E-state index in [-0.39, 0.29) is 0 Å². The van der Waals surface area contributed by atoms with Crippen LogP contribution in [0.5, 0.6) is 0 Å². The van der Waals surface area contributed by atoms with Crippen LogP contribution in [0.15, 0.2) is 4.99 Å². The number of nitrogens with zero attached hydrogens (tertiary/aromatic N) is 1. The summed E-state index contributed by atoms with van der Waals surface area (Å²) in [5, 5.41) is 12.3. The molecule has 0 saturated heterocycles. The van der Waals surface area contributed by atoms with Crippen LogP contribution < -0.4 is 5.32 Å². The van der Waals surface area contributed by atoms with Crippen molar-refractivity contribution >= 4 is 6.21 Å². The Kier molecular flexibility index (Phi) is 1.96. The van der Waals surface area contributed by atoms with Gasteiger partial charge < -0.3 is 0 Å². The van der Waals surface area contributed by atoms with Gasteiger partial charge in [-0.05, 0) is 11.7 Å². The lowest BCUT2D eigenvalue weighted by Gasteiger charge is -2.11. The number of aliphatic imine (C=N–C) groups is 1. The fraction of sp³-hybridized carbons (Fsp3) is 0.750. The summed E-state index contributed by atoms with van der Waals surface area (Å²) in [5.74, 6) is 0. The Morgan fingerprint density at radius 3 is 3.12 bits per heavy atom. The molecule has 1 aliphatic rings. The Hall–Kier alpha value is -0.450. The highest BCUT2D eigenvalue weighted by atomic mass is 17.1. The lowest BCUT2D eigenvalue weighted by Crippen LogP contribution is -2.32. The minimum Gasteiger partial charge on any atom is -0.270 e. The van der Waals surface area contributed by atoms with Crippen molar-refractivity contribution in [3.05, 3.63) is 0 Å². The molecule has 1 N–H and O–H groups in total. The Balaban J connectivity index is 2.32. The Labute approximate surface area is 47.1 Å². The van der Waals surface area contributed by atoms with Crippen LogP contribution in [0.25, 0.3) is 0 Å². The molecule has 0 spiro atoms. The molecule has 1 heterocycles. The first kappa shape index (κ1) is 5.68. The standard InChI is InChI=1S/C4H7N2O2/c7-8-4-5-2-1-3-6-4/h2,4,6H,1,3H2. The van der Waals surface area contributed by atoms with E-state index >= 15 is 0 Å². The maximum Gasteiger partial charge on any atom is 0.239 e. The van der Waals surface area contributed by atoms with Crippen molar-refractivity contribution in [1.29, 1.82) is 0 Å². The second kappa shape index (κ2) is 2.76. The van der Waals surface area contributed by atoms with Crippen LogP contribution in [0.4, 0.5) is 0 Å². The summed E-state index contributed by atoms with van der Waals surface area (Å²) in [7, 11) is 0. The molecule has 1 unspecified atom stereocenters. The molecule has 1 atom stereocenters. The van der Waals surface area contributed by atoms with Gasteiger partial charge in [0, 0.05) is 12.8 Å². The molecular weight excluding hydrogens is 108 g/mol. The molecule has 0 aromatic rings. The maximum atomic E-state index is 9.61. The summed E-state index contributed by atoms with van der Waals surface area (Å²) in [6.07, 6.45) is 1.91. The van der Waals surface area contributed by atoms with Crippen molar-refractivity contribution in [1.82, 2.24) is 5.32 Å². The summed E-state index contributed by atoms with van der Waals surface area (Å²) >= 11 is 0. The highest BCUT2D eigenvalue weighted by Crippen LogP contribution is 1.91. The van der Waals surface area contributed by atoms with Gasteiger partial charge in [-0.2, -0.15) is 4.89 Å². The molecule has 0 fully saturated rings. The van der Waals surface area contributed by atoms with E-state index in [0.717, 1.165) is 13.0 Å². The van der Waals surface area contributed by atoms with Crippen molar-refractivity contribution < 1.29 is 10.1 Å². The van der Waals surface area contributed by atoms with Crippen LogP contribution in [0.2, 0.25) is 0 Å². The zero-order valence-electron chi connectivity index (χ0n) is 4.33. The lowest BCUT2D eigenvalue weighted by atomic mass is 10.4. The minimum absolute atomic E-state index is 0.649. The fourth-order valence-electron chi connectivity index (χ4n) is 0.553. The van der Waals surface area contributed by atoms with Crippen molar-refractivity contribution in [2.75, 3.05) is 6.54 Å². The van der Waals surface area contributed by atoms with Gasteiger partial charge >= 0.3 is 0 Å². The third-order valence-corrected chi connectivity index (χ3v) is 0.924. The van der Waals surface area contributed by atoms with Crippen LogP contribution >= 0.6 is 0 Å². The van der Waals surface area contributed by atoms with E-state index in [1.54, 1.807) is 6.21 Å². The SMILES string of the molecule is [O]OC1N=CCCN1. The van der Waals surface area contributed by atoms with Gasteiger partial charge in [-0.3, -0.25) is 5.32 Å². The van der Waals surface area contributed by atoms with Gasteiger partial charge in [-0.15, -0.1) is 0 Å². The first-order valence-corrected chi connectivity index (χ1v) is 2.47. The highest BCUT2D eigenvalue weighted by Gasteiger charge is 2.06. The number of hydrogen-bond acceptors (Lipinski definition) is 3. The molecule has 1 aliphatic heterocycles. The molecule has 4 heteroatoms. The monoisotopic (exact) mass is 115 g/mol. The normalized spacial score (nSPS) is 28.4. The fourth-order valence-corrected chi connectivity index (χ4v) is 0.553. The van der Waals surface area contributed by atoms with Crippen LogP contribution in [0, 0.1) is 0 Å². The van der Waals surface area contributed by atoms with Gasteiger partial charge in [0.15, 0.2) is 0 Å². The van der Waals surface area contributed by atoms with E-state index in [2.05, 4.69) is 15.2 Å². The van der Waals surface area contributed by atoms with Crippen molar-refractivity contribution in [3.63, 3.8) is 0 Å². The number of nitrogens with one attached hydrogen (secondary N) is 1. The third kappa shape index (κ3) is 1.26. The van der Waals surface area contributed by atoms with E-state index < -0.39 is 6.35 Å². The summed E-state index contributed by atoms with van der Waals surface area (Å²) in [5.41, 5.74) is 0. The molecule has 0 aromatic carbocycles. The summed E-state index contributed by atoms with van der Waals surface area (Å²) in [4.78, 5) is 7.31. The molecule has 8 heavy (non-hydrogen) atoms. The third-order valence-electron chi connectivity index (χ3n) is 0.924. The highest BCUT2D eigenvalue weighted by molar-refractivity contribution is 5.58. The topological polar surface area (TPSA) is 53.5 Å². The zero-order valence-corrected chi connectivity index (χ0v) is 4.33. The van der Waals surface area contributed by atoms with Crippen LogP contribution in [0.3, 0.4) is 0 Å². The Morgan fingerprint density at radius 1 is 1.88 bits per heavy atom. The second-order valence-corrected chi connectivity index (χ2v) is 1.52. The molecule has 0 aromatic heterocycles. The van der Waals surface area contributed by atoms with Crippen LogP contribution in [-0.2, 0) is 10.1 Å². The van der Waals surface area contributed by atoms with E-state index in [1.807, 2.05) is 0 Å². The van der Waals surface area contributed by atoms with Crippen molar-refractivity contribution in [2.45, 2.75) is 12.8 Å². The van der Waals surface area contributed by atoms with Gasteiger partial charge in [-0.1, -0.05) is 0 Å². The summed E-state index contributed by atoms with van der Waals surface area (Å²) in [6.45, 7) is 0.774. The first-order valence-electron chi connectivity index (χ1n) is 2.47. The molecule has 45 valence electrons. The van der Waals surface area contributed by atoms with E-state index in [4.69, 9.17) is 0 Å². The lowest BCUT2D eigenvalue weighted by molar-refractivity contribution is -0.339. The van der Waals surface area contributed by atoms with Crippen molar-refractivity contribution in [2.24, 2.45) is 4.99 Å². The van der Waals surface area contributed by atoms with Gasteiger partial charge in [0.05, 0.1) is 0 Å².